The first kappa shape index (κ1) is 16.0. The van der Waals surface area contributed by atoms with Crippen molar-refractivity contribution >= 4 is 17.2 Å². The number of carbonyl (C=O) groups is 1. The van der Waals surface area contributed by atoms with E-state index in [2.05, 4.69) is 10.3 Å². The number of benzene rings is 1. The number of hydrogen-bond donors (Lipinski definition) is 1. The van der Waals surface area contributed by atoms with Crippen molar-refractivity contribution in [1.82, 2.24) is 10.3 Å². The third-order valence-electron chi connectivity index (χ3n) is 4.22. The third-order valence-corrected chi connectivity index (χ3v) is 5.14. The molecule has 0 radical (unpaired) electrons. The van der Waals surface area contributed by atoms with Gasteiger partial charge in [0.2, 0.25) is 5.91 Å². The van der Waals surface area contributed by atoms with Gasteiger partial charge in [0, 0.05) is 17.8 Å². The number of carbonyl (C=O) groups excluding carboxylic acids is 1. The maximum atomic E-state index is 12.0. The van der Waals surface area contributed by atoms with E-state index < -0.39 is 0 Å². The molecule has 0 aliphatic heterocycles. The molecule has 122 valence electrons. The fourth-order valence-corrected chi connectivity index (χ4v) is 3.86. The van der Waals surface area contributed by atoms with Gasteiger partial charge in [0.05, 0.1) is 18.4 Å². The van der Waals surface area contributed by atoms with E-state index in [4.69, 9.17) is 4.74 Å². The van der Waals surface area contributed by atoms with Crippen molar-refractivity contribution in [2.45, 2.75) is 44.6 Å². The van der Waals surface area contributed by atoms with Gasteiger partial charge in [-0.1, -0.05) is 25.0 Å². The SMILES string of the molecule is COc1ccccc1-c1nc(CCC(=O)NC2CCCC2)cs1. The number of nitrogens with zero attached hydrogens (tertiary/aromatic N) is 1. The summed E-state index contributed by atoms with van der Waals surface area (Å²) < 4.78 is 5.38. The smallest absolute Gasteiger partial charge is 0.220 e. The molecule has 5 heteroatoms. The Kier molecular flexibility index (Phi) is 5.28. The van der Waals surface area contributed by atoms with E-state index in [0.29, 0.717) is 18.9 Å². The number of ether oxygens (including phenoxy) is 1. The molecule has 1 aliphatic carbocycles. The summed E-state index contributed by atoms with van der Waals surface area (Å²) >= 11 is 1.59. The molecule has 0 atom stereocenters. The molecule has 23 heavy (non-hydrogen) atoms. The lowest BCUT2D eigenvalue weighted by molar-refractivity contribution is -0.121. The van der Waals surface area contributed by atoms with Crippen LogP contribution in [0.5, 0.6) is 5.75 Å². The number of hydrogen-bond acceptors (Lipinski definition) is 4. The minimum absolute atomic E-state index is 0.142. The molecule has 1 aromatic carbocycles. The predicted octanol–water partition coefficient (Wildman–Crippen LogP) is 3.81. The highest BCUT2D eigenvalue weighted by Crippen LogP contribution is 2.32. The summed E-state index contributed by atoms with van der Waals surface area (Å²) in [6, 6.07) is 8.26. The fraction of sp³-hybridized carbons (Fsp3) is 0.444. The van der Waals surface area contributed by atoms with Gasteiger partial charge < -0.3 is 10.1 Å². The monoisotopic (exact) mass is 330 g/mol. The third kappa shape index (κ3) is 4.10. The van der Waals surface area contributed by atoms with Crippen LogP contribution in [0.25, 0.3) is 10.6 Å². The second kappa shape index (κ2) is 7.59. The molecule has 1 aliphatic rings. The van der Waals surface area contributed by atoms with Crippen LogP contribution in [0.1, 0.15) is 37.8 Å². The second-order valence-electron chi connectivity index (χ2n) is 5.89. The molecule has 0 unspecified atom stereocenters. The Morgan fingerprint density at radius 2 is 2.13 bits per heavy atom. The second-order valence-corrected chi connectivity index (χ2v) is 6.75. The Bertz CT molecular complexity index is 663. The molecule has 0 spiro atoms. The number of aromatic nitrogens is 1. The molecule has 3 rings (SSSR count). The molecule has 1 amide bonds. The van der Waals surface area contributed by atoms with Gasteiger partial charge >= 0.3 is 0 Å². The van der Waals surface area contributed by atoms with E-state index in [9.17, 15) is 4.79 Å². The van der Waals surface area contributed by atoms with E-state index in [0.717, 1.165) is 34.9 Å². The summed E-state index contributed by atoms with van der Waals surface area (Å²) in [5.41, 5.74) is 1.97. The standard InChI is InChI=1S/C18H22N2O2S/c1-22-16-9-5-4-8-15(16)18-20-14(12-23-18)10-11-17(21)19-13-6-2-3-7-13/h4-5,8-9,12-13H,2-3,6-7,10-11H2,1H3,(H,19,21). The van der Waals surface area contributed by atoms with Crippen LogP contribution in [0.15, 0.2) is 29.6 Å². The molecular weight excluding hydrogens is 308 g/mol. The number of thiazole rings is 1. The minimum Gasteiger partial charge on any atom is -0.496 e. The van der Waals surface area contributed by atoms with Crippen LogP contribution in [0, 0.1) is 0 Å². The number of rotatable bonds is 6. The van der Waals surface area contributed by atoms with Gasteiger partial charge in [0.25, 0.3) is 0 Å². The van der Waals surface area contributed by atoms with Gasteiger partial charge in [-0.2, -0.15) is 0 Å². The Balaban J connectivity index is 1.58. The molecule has 4 nitrogen and oxygen atoms in total. The summed E-state index contributed by atoms with van der Waals surface area (Å²) in [5, 5.41) is 6.09. The average Bonchev–Trinajstić information content (AvgIpc) is 3.24. The van der Waals surface area contributed by atoms with Crippen LogP contribution in [0.4, 0.5) is 0 Å². The molecule has 1 fully saturated rings. The van der Waals surface area contributed by atoms with Crippen molar-refractivity contribution in [3.05, 3.63) is 35.3 Å². The van der Waals surface area contributed by atoms with Crippen LogP contribution >= 0.6 is 11.3 Å². The van der Waals surface area contributed by atoms with Gasteiger partial charge in [-0.05, 0) is 31.4 Å². The summed E-state index contributed by atoms with van der Waals surface area (Å²) in [6.07, 6.45) is 5.91. The first-order chi connectivity index (χ1) is 11.3. The van der Waals surface area contributed by atoms with Crippen molar-refractivity contribution in [3.8, 4) is 16.3 Å². The summed E-state index contributed by atoms with van der Waals surface area (Å²) in [6.45, 7) is 0. The first-order valence-electron chi connectivity index (χ1n) is 8.13. The van der Waals surface area contributed by atoms with Crippen LogP contribution < -0.4 is 10.1 Å². The van der Waals surface area contributed by atoms with E-state index in [-0.39, 0.29) is 5.91 Å². The number of para-hydroxylation sites is 1. The molecule has 1 aromatic heterocycles. The van der Waals surface area contributed by atoms with Gasteiger partial charge in [-0.3, -0.25) is 4.79 Å². The topological polar surface area (TPSA) is 51.2 Å². The number of aryl methyl sites for hydroxylation is 1. The largest absolute Gasteiger partial charge is 0.496 e. The van der Waals surface area contributed by atoms with Crippen LogP contribution in [0.3, 0.4) is 0 Å². The maximum Gasteiger partial charge on any atom is 0.220 e. The Hall–Kier alpha value is -1.88. The lowest BCUT2D eigenvalue weighted by Gasteiger charge is -2.11. The van der Waals surface area contributed by atoms with E-state index >= 15 is 0 Å². The van der Waals surface area contributed by atoms with Crippen molar-refractivity contribution < 1.29 is 9.53 Å². The zero-order chi connectivity index (χ0) is 16.1. The Labute approximate surface area is 140 Å². The van der Waals surface area contributed by atoms with Gasteiger partial charge in [0.15, 0.2) is 0 Å². The van der Waals surface area contributed by atoms with E-state index in [1.165, 1.54) is 12.8 Å². The molecule has 1 saturated carbocycles. The van der Waals surface area contributed by atoms with Gasteiger partial charge in [-0.15, -0.1) is 11.3 Å². The Morgan fingerprint density at radius 1 is 1.35 bits per heavy atom. The summed E-state index contributed by atoms with van der Waals surface area (Å²) in [5.74, 6) is 0.969. The molecule has 0 bridgehead atoms. The molecular formula is C18H22N2O2S. The maximum absolute atomic E-state index is 12.0. The summed E-state index contributed by atoms with van der Waals surface area (Å²) in [7, 11) is 1.67. The van der Waals surface area contributed by atoms with Gasteiger partial charge in [0.1, 0.15) is 10.8 Å². The zero-order valence-corrected chi connectivity index (χ0v) is 14.2. The predicted molar refractivity (Wildman–Crippen MR) is 92.8 cm³/mol. The van der Waals surface area contributed by atoms with Crippen molar-refractivity contribution in [3.63, 3.8) is 0 Å². The number of methoxy groups -OCH3 is 1. The molecule has 0 saturated heterocycles. The average molecular weight is 330 g/mol. The van der Waals surface area contributed by atoms with E-state index in [1.807, 2.05) is 29.6 Å². The minimum atomic E-state index is 0.142. The van der Waals surface area contributed by atoms with Crippen LogP contribution in [0.2, 0.25) is 0 Å². The van der Waals surface area contributed by atoms with Crippen LogP contribution in [-0.2, 0) is 11.2 Å². The highest BCUT2D eigenvalue weighted by Gasteiger charge is 2.17. The van der Waals surface area contributed by atoms with E-state index in [1.54, 1.807) is 18.4 Å². The van der Waals surface area contributed by atoms with Gasteiger partial charge in [-0.25, -0.2) is 4.98 Å². The molecule has 1 heterocycles. The Morgan fingerprint density at radius 3 is 2.91 bits per heavy atom. The highest BCUT2D eigenvalue weighted by atomic mass is 32.1. The lowest BCUT2D eigenvalue weighted by Crippen LogP contribution is -2.32. The first-order valence-corrected chi connectivity index (χ1v) is 9.01. The summed E-state index contributed by atoms with van der Waals surface area (Å²) in [4.78, 5) is 16.6. The normalized spacial score (nSPS) is 14.8. The van der Waals surface area contributed by atoms with Crippen molar-refractivity contribution in [2.24, 2.45) is 0 Å². The van der Waals surface area contributed by atoms with Crippen molar-refractivity contribution in [2.75, 3.05) is 7.11 Å². The molecule has 1 N–H and O–H groups in total. The lowest BCUT2D eigenvalue weighted by atomic mass is 10.2. The quantitative estimate of drug-likeness (QED) is 0.876. The highest BCUT2D eigenvalue weighted by molar-refractivity contribution is 7.13. The van der Waals surface area contributed by atoms with Crippen molar-refractivity contribution in [1.29, 1.82) is 0 Å². The zero-order valence-electron chi connectivity index (χ0n) is 13.4. The molecule has 2 aromatic rings. The number of amides is 1. The number of nitrogens with one attached hydrogen (secondary N) is 1. The van der Waals surface area contributed by atoms with Crippen LogP contribution in [-0.4, -0.2) is 24.0 Å². The fourth-order valence-electron chi connectivity index (χ4n) is 2.98.